The normalized spacial score (nSPS) is 33.2. The highest BCUT2D eigenvalue weighted by Crippen LogP contribution is 2.53. The first kappa shape index (κ1) is 15.3. The maximum Gasteiger partial charge on any atom is 0.337 e. The maximum atomic E-state index is 12.1. The third kappa shape index (κ3) is 1.90. The van der Waals surface area contributed by atoms with Gasteiger partial charge in [-0.3, -0.25) is 0 Å². The van der Waals surface area contributed by atoms with Gasteiger partial charge in [-0.25, -0.2) is 4.79 Å². The van der Waals surface area contributed by atoms with Crippen molar-refractivity contribution in [2.24, 2.45) is 11.8 Å². The van der Waals surface area contributed by atoms with Gasteiger partial charge in [-0.15, -0.1) is 0 Å². The maximum absolute atomic E-state index is 12.1. The fraction of sp³-hybridized carbons (Fsp3) is 0.550. The summed E-state index contributed by atoms with van der Waals surface area (Å²) in [5.74, 6) is 0.0914. The number of fused-ring (bicyclic) bond motifs is 5. The average molecular weight is 340 g/mol. The van der Waals surface area contributed by atoms with Crippen LogP contribution < -0.4 is 5.11 Å². The molecule has 2 N–H and O–H groups in total. The van der Waals surface area contributed by atoms with Crippen molar-refractivity contribution in [1.29, 1.82) is 0 Å². The van der Waals surface area contributed by atoms with Gasteiger partial charge in [0.25, 0.3) is 0 Å². The Kier molecular flexibility index (Phi) is 3.06. The van der Waals surface area contributed by atoms with E-state index < -0.39 is 11.7 Å². The minimum Gasteiger partial charge on any atom is -0.872 e. The predicted molar refractivity (Wildman–Crippen MR) is 92.5 cm³/mol. The molecular weight excluding hydrogens is 316 g/mol. The third-order valence-electron chi connectivity index (χ3n) is 7.35. The zero-order valence-corrected chi connectivity index (χ0v) is 14.5. The Morgan fingerprint density at radius 3 is 3.00 bits per heavy atom. The number of nitrogens with one attached hydrogen (secondary N) is 1. The van der Waals surface area contributed by atoms with Crippen molar-refractivity contribution in [1.82, 2.24) is 4.98 Å². The van der Waals surface area contributed by atoms with E-state index in [2.05, 4.69) is 11.9 Å². The smallest absolute Gasteiger partial charge is 0.337 e. The third-order valence-corrected chi connectivity index (χ3v) is 7.35. The van der Waals surface area contributed by atoms with E-state index in [4.69, 9.17) is 0 Å². The molecule has 1 aromatic heterocycles. The van der Waals surface area contributed by atoms with Gasteiger partial charge in [-0.2, -0.15) is 0 Å². The van der Waals surface area contributed by atoms with Crippen molar-refractivity contribution >= 4 is 16.9 Å². The summed E-state index contributed by atoms with van der Waals surface area (Å²) in [6.07, 6.45) is 4.77. The largest absolute Gasteiger partial charge is 0.872 e. The number of carboxylic acids is 1. The number of H-pyrrole nitrogens is 1. The molecule has 132 valence electrons. The number of aromatic nitrogens is 1. The van der Waals surface area contributed by atoms with Crippen molar-refractivity contribution in [3.8, 4) is 5.75 Å². The van der Waals surface area contributed by atoms with E-state index in [1.807, 2.05) is 6.07 Å². The molecule has 2 bridgehead atoms. The molecule has 4 aliphatic rings. The molecule has 1 aromatic carbocycles. The highest BCUT2D eigenvalue weighted by Gasteiger charge is 2.54. The van der Waals surface area contributed by atoms with Crippen LogP contribution in [0.5, 0.6) is 5.75 Å². The lowest BCUT2D eigenvalue weighted by Crippen LogP contribution is -2.65. The van der Waals surface area contributed by atoms with Crippen LogP contribution in [0.15, 0.2) is 12.1 Å². The Balaban J connectivity index is 1.68. The van der Waals surface area contributed by atoms with E-state index in [1.54, 1.807) is 0 Å². The van der Waals surface area contributed by atoms with Gasteiger partial charge in [-0.1, -0.05) is 24.8 Å². The Morgan fingerprint density at radius 2 is 2.24 bits per heavy atom. The second-order valence-electron chi connectivity index (χ2n) is 8.25. The molecule has 1 unspecified atom stereocenters. The van der Waals surface area contributed by atoms with Crippen LogP contribution in [0.4, 0.5) is 0 Å². The SMILES string of the molecule is CC[C@H]1C[N+]23CCc4c([nH]c5c(C(=O)O)c([O-])ccc45)[C@@H]2C[C@@H]1CC3. The molecule has 25 heavy (non-hydrogen) atoms. The molecule has 3 fully saturated rings. The molecule has 4 aliphatic heterocycles. The molecule has 6 rings (SSSR count). The molecule has 2 aromatic rings. The van der Waals surface area contributed by atoms with Crippen LogP contribution in [0.1, 0.15) is 53.8 Å². The van der Waals surface area contributed by atoms with Gasteiger partial charge in [0.2, 0.25) is 0 Å². The summed E-state index contributed by atoms with van der Waals surface area (Å²) in [7, 11) is 0. The summed E-state index contributed by atoms with van der Waals surface area (Å²) < 4.78 is 1.17. The van der Waals surface area contributed by atoms with Crippen molar-refractivity contribution in [2.75, 3.05) is 19.6 Å². The molecule has 0 aliphatic carbocycles. The summed E-state index contributed by atoms with van der Waals surface area (Å²) >= 11 is 0. The standard InChI is InChI=1S/C20H24N2O3/c1-2-11-10-22-7-5-12(11)9-15(22)18-14(6-8-22)13-3-4-16(23)17(20(24)25)19(13)21-18/h3-4,11-12,15,21H,2,5-10H2,1H3,(H-,23,24,25)/t11-,12-,15-,22?/m0/s1. The monoisotopic (exact) mass is 340 g/mol. The predicted octanol–water partition coefficient (Wildman–Crippen LogP) is 2.80. The number of aromatic carboxylic acids is 1. The van der Waals surface area contributed by atoms with E-state index in [0.717, 1.165) is 30.2 Å². The molecule has 1 spiro atoms. The van der Waals surface area contributed by atoms with Gasteiger partial charge in [0.1, 0.15) is 6.04 Å². The van der Waals surface area contributed by atoms with Crippen molar-refractivity contribution in [2.45, 2.75) is 38.6 Å². The fourth-order valence-corrected chi connectivity index (χ4v) is 6.10. The van der Waals surface area contributed by atoms with Crippen LogP contribution >= 0.6 is 0 Å². The molecule has 5 heterocycles. The Morgan fingerprint density at radius 1 is 1.40 bits per heavy atom. The summed E-state index contributed by atoms with van der Waals surface area (Å²) in [5.41, 5.74) is 2.92. The summed E-state index contributed by atoms with van der Waals surface area (Å²) in [5, 5.41) is 22.5. The first-order chi connectivity index (χ1) is 12.0. The number of hydrogen-bond acceptors (Lipinski definition) is 2. The molecule has 4 atom stereocenters. The molecule has 3 saturated heterocycles. The van der Waals surface area contributed by atoms with E-state index in [9.17, 15) is 15.0 Å². The summed E-state index contributed by atoms with van der Waals surface area (Å²) in [4.78, 5) is 15.0. The Labute approximate surface area is 146 Å². The van der Waals surface area contributed by atoms with Crippen molar-refractivity contribution in [3.63, 3.8) is 0 Å². The number of carbonyl (C=O) groups is 1. The number of aromatic amines is 1. The first-order valence-corrected chi connectivity index (χ1v) is 9.47. The van der Waals surface area contributed by atoms with Crippen LogP contribution in [-0.2, 0) is 6.42 Å². The van der Waals surface area contributed by atoms with Crippen LogP contribution in [0, 0.1) is 11.8 Å². The van der Waals surface area contributed by atoms with E-state index in [1.165, 1.54) is 54.2 Å². The number of quaternary nitrogens is 1. The highest BCUT2D eigenvalue weighted by molar-refractivity contribution is 6.05. The van der Waals surface area contributed by atoms with Gasteiger partial charge in [0, 0.05) is 30.6 Å². The molecule has 5 heteroatoms. The highest BCUT2D eigenvalue weighted by atomic mass is 16.4. The fourth-order valence-electron chi connectivity index (χ4n) is 6.10. The lowest BCUT2D eigenvalue weighted by Gasteiger charge is -2.59. The van der Waals surface area contributed by atoms with Gasteiger partial charge >= 0.3 is 5.97 Å². The number of hydrogen-bond donors (Lipinski definition) is 2. The zero-order chi connectivity index (χ0) is 17.3. The molecule has 0 amide bonds. The van der Waals surface area contributed by atoms with Crippen LogP contribution in [0.2, 0.25) is 0 Å². The van der Waals surface area contributed by atoms with E-state index >= 15 is 0 Å². The van der Waals surface area contributed by atoms with Crippen molar-refractivity contribution < 1.29 is 19.5 Å². The van der Waals surface area contributed by atoms with Gasteiger partial charge in [0.15, 0.2) is 0 Å². The number of nitrogens with zero attached hydrogens (tertiary/aromatic N) is 1. The first-order valence-electron chi connectivity index (χ1n) is 9.47. The topological polar surface area (TPSA) is 76.2 Å². The number of benzene rings is 1. The van der Waals surface area contributed by atoms with Crippen molar-refractivity contribution in [3.05, 3.63) is 29.0 Å². The van der Waals surface area contributed by atoms with Gasteiger partial charge < -0.3 is 19.7 Å². The van der Waals surface area contributed by atoms with Crippen LogP contribution in [-0.4, -0.2) is 40.2 Å². The lowest BCUT2D eigenvalue weighted by atomic mass is 9.70. The minimum absolute atomic E-state index is 0.0964. The van der Waals surface area contributed by atoms with Crippen LogP contribution in [0.25, 0.3) is 10.9 Å². The lowest BCUT2D eigenvalue weighted by molar-refractivity contribution is -0.978. The molecule has 0 radical (unpaired) electrons. The second-order valence-corrected chi connectivity index (χ2v) is 8.25. The minimum atomic E-state index is -1.13. The van der Waals surface area contributed by atoms with Crippen LogP contribution in [0.3, 0.4) is 0 Å². The number of piperidine rings is 3. The summed E-state index contributed by atoms with van der Waals surface area (Å²) in [6.45, 7) is 5.97. The zero-order valence-electron chi connectivity index (χ0n) is 14.5. The quantitative estimate of drug-likeness (QED) is 0.826. The molecular formula is C20H24N2O3. The Hall–Kier alpha value is -2.01. The average Bonchev–Trinajstić information content (AvgIpc) is 2.99. The number of carboxylic acid groups (broad SMARTS) is 1. The number of rotatable bonds is 2. The molecule has 5 nitrogen and oxygen atoms in total. The Bertz CT molecular complexity index is 887. The summed E-state index contributed by atoms with van der Waals surface area (Å²) in [6, 6.07) is 3.69. The van der Waals surface area contributed by atoms with Gasteiger partial charge in [0.05, 0.1) is 36.4 Å². The molecule has 0 saturated carbocycles. The second kappa shape index (κ2) is 5.01. The van der Waals surface area contributed by atoms with E-state index in [0.29, 0.717) is 11.6 Å². The van der Waals surface area contributed by atoms with Gasteiger partial charge in [-0.05, 0) is 17.9 Å². The van der Waals surface area contributed by atoms with E-state index in [-0.39, 0.29) is 5.56 Å².